The number of halogens is 1. The maximum absolute atomic E-state index is 12.7. The van der Waals surface area contributed by atoms with Gasteiger partial charge in [-0.25, -0.2) is 14.8 Å². The second-order valence-corrected chi connectivity index (χ2v) is 8.40. The number of imidazole rings is 1. The molecule has 4 aromatic rings. The van der Waals surface area contributed by atoms with Crippen LogP contribution >= 0.6 is 11.6 Å². The zero-order chi connectivity index (χ0) is 19.3. The molecule has 5 nitrogen and oxygen atoms in total. The van der Waals surface area contributed by atoms with Crippen LogP contribution in [-0.4, -0.2) is 19.1 Å². The monoisotopic (exact) mass is 380 g/mol. The molecule has 138 valence electrons. The lowest BCUT2D eigenvalue weighted by Gasteiger charge is -2.18. The maximum atomic E-state index is 12.7. The largest absolute Gasteiger partial charge is 0.328 e. The molecular formula is C21H21ClN4O. The molecule has 0 saturated heterocycles. The molecule has 0 bridgehead atoms. The molecule has 0 spiro atoms. The lowest BCUT2D eigenvalue weighted by Crippen LogP contribution is -2.27. The second-order valence-electron chi connectivity index (χ2n) is 8.04. The highest BCUT2D eigenvalue weighted by atomic mass is 35.5. The first-order chi connectivity index (χ1) is 12.7. The maximum Gasteiger partial charge on any atom is 0.328 e. The van der Waals surface area contributed by atoms with Crippen LogP contribution in [0, 0.1) is 5.41 Å². The molecular weight excluding hydrogens is 360 g/mol. The number of rotatable bonds is 2. The van der Waals surface area contributed by atoms with Crippen molar-refractivity contribution in [2.75, 3.05) is 0 Å². The van der Waals surface area contributed by atoms with Crippen LogP contribution in [0.2, 0.25) is 5.15 Å². The average molecular weight is 381 g/mol. The van der Waals surface area contributed by atoms with Gasteiger partial charge in [-0.3, -0.25) is 9.13 Å². The highest BCUT2D eigenvalue weighted by Crippen LogP contribution is 2.29. The summed E-state index contributed by atoms with van der Waals surface area (Å²) in [7, 11) is 1.79. The summed E-state index contributed by atoms with van der Waals surface area (Å²) in [5.74, 6) is 0. The van der Waals surface area contributed by atoms with E-state index in [0.29, 0.717) is 17.4 Å². The van der Waals surface area contributed by atoms with Crippen molar-refractivity contribution in [2.45, 2.75) is 27.3 Å². The summed E-state index contributed by atoms with van der Waals surface area (Å²) in [6, 6.07) is 13.5. The van der Waals surface area contributed by atoms with Gasteiger partial charge in [-0.15, -0.1) is 0 Å². The lowest BCUT2D eigenvalue weighted by molar-refractivity contribution is 0.342. The van der Waals surface area contributed by atoms with E-state index < -0.39 is 0 Å². The van der Waals surface area contributed by atoms with Gasteiger partial charge in [0.15, 0.2) is 5.15 Å². The molecule has 0 aliphatic rings. The second kappa shape index (κ2) is 6.20. The Labute approximate surface area is 162 Å². The Hall–Kier alpha value is -2.66. The average Bonchev–Trinajstić information content (AvgIpc) is 2.84. The van der Waals surface area contributed by atoms with Crippen molar-refractivity contribution >= 4 is 33.7 Å². The molecule has 6 heteroatoms. The van der Waals surface area contributed by atoms with Crippen molar-refractivity contribution in [1.82, 2.24) is 19.1 Å². The number of benzene rings is 2. The van der Waals surface area contributed by atoms with Crippen molar-refractivity contribution < 1.29 is 0 Å². The fourth-order valence-electron chi connectivity index (χ4n) is 3.34. The van der Waals surface area contributed by atoms with E-state index in [9.17, 15) is 4.79 Å². The predicted molar refractivity (Wildman–Crippen MR) is 110 cm³/mol. The number of fused-ring (bicyclic) bond motifs is 2. The van der Waals surface area contributed by atoms with Crippen LogP contribution in [0.3, 0.4) is 0 Å². The van der Waals surface area contributed by atoms with Crippen LogP contribution in [0.4, 0.5) is 0 Å². The van der Waals surface area contributed by atoms with Crippen molar-refractivity contribution in [1.29, 1.82) is 0 Å². The van der Waals surface area contributed by atoms with Gasteiger partial charge >= 0.3 is 5.69 Å². The molecule has 0 unspecified atom stereocenters. The normalized spacial score (nSPS) is 12.2. The van der Waals surface area contributed by atoms with Crippen LogP contribution in [0.5, 0.6) is 0 Å². The molecule has 0 N–H and O–H groups in total. The van der Waals surface area contributed by atoms with Crippen molar-refractivity contribution in [3.8, 4) is 11.3 Å². The summed E-state index contributed by atoms with van der Waals surface area (Å²) >= 11 is 6.40. The summed E-state index contributed by atoms with van der Waals surface area (Å²) in [6.07, 6.45) is 0. The van der Waals surface area contributed by atoms with Gasteiger partial charge in [0.2, 0.25) is 0 Å². The molecule has 2 aromatic heterocycles. The fraction of sp³-hybridized carbons (Fsp3) is 0.286. The van der Waals surface area contributed by atoms with E-state index in [2.05, 4.69) is 30.7 Å². The molecule has 2 aromatic carbocycles. The number of hydrogen-bond acceptors (Lipinski definition) is 3. The predicted octanol–water partition coefficient (Wildman–Crippen LogP) is 4.65. The number of aromatic nitrogens is 4. The Morgan fingerprint density at radius 2 is 1.67 bits per heavy atom. The number of hydrogen-bond donors (Lipinski definition) is 0. The topological polar surface area (TPSA) is 52.7 Å². The van der Waals surface area contributed by atoms with Gasteiger partial charge in [0.25, 0.3) is 0 Å². The van der Waals surface area contributed by atoms with Gasteiger partial charge in [0.1, 0.15) is 5.69 Å². The molecule has 0 aliphatic carbocycles. The van der Waals surface area contributed by atoms with E-state index in [4.69, 9.17) is 11.6 Å². The Morgan fingerprint density at radius 3 is 2.33 bits per heavy atom. The van der Waals surface area contributed by atoms with Gasteiger partial charge in [-0.1, -0.05) is 50.6 Å². The van der Waals surface area contributed by atoms with E-state index >= 15 is 0 Å². The van der Waals surface area contributed by atoms with Gasteiger partial charge in [-0.05, 0) is 29.7 Å². The van der Waals surface area contributed by atoms with E-state index in [-0.39, 0.29) is 11.1 Å². The molecule has 4 rings (SSSR count). The Balaban J connectivity index is 1.91. The van der Waals surface area contributed by atoms with Crippen LogP contribution in [0.25, 0.3) is 33.3 Å². The van der Waals surface area contributed by atoms with Gasteiger partial charge in [-0.2, -0.15) is 0 Å². The minimum atomic E-state index is -0.0206. The standard InChI is InChI=1S/C21H21ClN4O/c1-21(2,3)12-26-16-10-9-13(11-17(16)25(4)20(26)27)18-19(22)24-15-8-6-5-7-14(15)23-18/h5-11H,12H2,1-4H3. The van der Waals surface area contributed by atoms with Crippen molar-refractivity contribution in [3.05, 3.63) is 58.1 Å². The number of aryl methyl sites for hydroxylation is 1. The summed E-state index contributed by atoms with van der Waals surface area (Å²) in [5.41, 5.74) is 4.76. The summed E-state index contributed by atoms with van der Waals surface area (Å²) < 4.78 is 3.50. The first-order valence-corrected chi connectivity index (χ1v) is 9.24. The molecule has 0 amide bonds. The third-order valence-corrected chi connectivity index (χ3v) is 4.84. The van der Waals surface area contributed by atoms with Gasteiger partial charge in [0, 0.05) is 19.2 Å². The quantitative estimate of drug-likeness (QED) is 0.508. The first-order valence-electron chi connectivity index (χ1n) is 8.86. The molecule has 0 atom stereocenters. The Morgan fingerprint density at radius 1 is 1.00 bits per heavy atom. The number of nitrogens with zero attached hydrogens (tertiary/aromatic N) is 4. The summed E-state index contributed by atoms with van der Waals surface area (Å²) in [5, 5.41) is 0.354. The van der Waals surface area contributed by atoms with Crippen LogP contribution in [0.15, 0.2) is 47.3 Å². The number of para-hydroxylation sites is 2. The Kier molecular flexibility index (Phi) is 4.07. The van der Waals surface area contributed by atoms with Gasteiger partial charge in [0.05, 0.1) is 22.1 Å². The van der Waals surface area contributed by atoms with E-state index in [0.717, 1.165) is 27.6 Å². The summed E-state index contributed by atoms with van der Waals surface area (Å²) in [4.78, 5) is 21.9. The van der Waals surface area contributed by atoms with Crippen molar-refractivity contribution in [3.63, 3.8) is 0 Å². The molecule has 0 fully saturated rings. The first kappa shape index (κ1) is 17.7. The zero-order valence-electron chi connectivity index (χ0n) is 15.8. The molecule has 27 heavy (non-hydrogen) atoms. The molecule has 0 saturated carbocycles. The highest BCUT2D eigenvalue weighted by molar-refractivity contribution is 6.32. The van der Waals surface area contributed by atoms with E-state index in [1.54, 1.807) is 11.6 Å². The van der Waals surface area contributed by atoms with Crippen molar-refractivity contribution in [2.24, 2.45) is 12.5 Å². The molecule has 0 radical (unpaired) electrons. The van der Waals surface area contributed by atoms with Crippen LogP contribution in [-0.2, 0) is 13.6 Å². The zero-order valence-corrected chi connectivity index (χ0v) is 16.6. The van der Waals surface area contributed by atoms with Gasteiger partial charge < -0.3 is 0 Å². The highest BCUT2D eigenvalue weighted by Gasteiger charge is 2.19. The lowest BCUT2D eigenvalue weighted by atomic mass is 9.97. The Bertz CT molecular complexity index is 1230. The smallest absolute Gasteiger partial charge is 0.295 e. The minimum Gasteiger partial charge on any atom is -0.295 e. The van der Waals surface area contributed by atoms with E-state index in [1.165, 1.54) is 0 Å². The van der Waals surface area contributed by atoms with Crippen LogP contribution < -0.4 is 5.69 Å². The third-order valence-electron chi connectivity index (χ3n) is 4.58. The minimum absolute atomic E-state index is 0.00388. The molecule has 0 aliphatic heterocycles. The fourth-order valence-corrected chi connectivity index (χ4v) is 3.59. The SMILES string of the molecule is Cn1c(=O)n(CC(C)(C)C)c2ccc(-c3nc4ccccc4nc3Cl)cc21. The van der Waals surface area contributed by atoms with Crippen LogP contribution in [0.1, 0.15) is 20.8 Å². The third kappa shape index (κ3) is 3.12. The van der Waals surface area contributed by atoms with E-state index in [1.807, 2.05) is 47.0 Å². The summed E-state index contributed by atoms with van der Waals surface area (Å²) in [6.45, 7) is 7.02. The molecule has 2 heterocycles.